The summed E-state index contributed by atoms with van der Waals surface area (Å²) in [6.45, 7) is 1.46. The molecule has 21 fully saturated rings. The summed E-state index contributed by atoms with van der Waals surface area (Å²) in [7, 11) is -35.2. The van der Waals surface area contributed by atoms with E-state index in [2.05, 4.69) is 0 Å². The molecule has 0 amide bonds. The van der Waals surface area contributed by atoms with E-state index in [0.717, 1.165) is 84.9 Å². The van der Waals surface area contributed by atoms with Crippen molar-refractivity contribution in [2.75, 3.05) is 46.2 Å². The van der Waals surface area contributed by atoms with Gasteiger partial charge < -0.3 is 138 Å². The third-order valence-corrected chi connectivity index (χ3v) is 34.5. The zero-order valence-corrected chi connectivity index (χ0v) is 84.4. The van der Waals surface area contributed by atoms with Crippen LogP contribution in [0.5, 0.6) is 0 Å². The first-order chi connectivity index (χ1) is 69.2. The molecule has 0 aromatic heterocycles. The van der Waals surface area contributed by atoms with E-state index in [0.29, 0.717) is 38.9 Å². The maximum absolute atomic E-state index is 14.3. The topological polar surface area (TPSA) is 716 Å². The van der Waals surface area contributed by atoms with Gasteiger partial charge in [-0.2, -0.15) is 58.9 Å². The number of aliphatic hydroxyl groups excluding tert-OH is 14. The van der Waals surface area contributed by atoms with E-state index in [4.69, 9.17) is 95.6 Å². The zero-order chi connectivity index (χ0) is 106. The minimum Gasteiger partial charge on any atom is -0.387 e. The Kier molecular flexibility index (Phi) is 36.1. The lowest BCUT2D eigenvalue weighted by Crippen LogP contribution is -2.68. The van der Waals surface area contributed by atoms with Crippen molar-refractivity contribution < 1.29 is 226 Å². The molecule has 0 spiro atoms. The maximum atomic E-state index is 14.3. The molecular weight excluding hydrogens is 2100 g/mol. The predicted molar refractivity (Wildman–Crippen MR) is 489 cm³/mol. The Morgan fingerprint density at radius 2 is 0.259 bits per heavy atom. The first kappa shape index (κ1) is 114. The summed E-state index contributed by atoms with van der Waals surface area (Å²) in [6, 6.07) is 34.6. The summed E-state index contributed by atoms with van der Waals surface area (Å²) >= 11 is 0. The quantitative estimate of drug-likeness (QED) is 0.0215. The lowest BCUT2D eigenvalue weighted by atomic mass is 9.95. The molecule has 56 heteroatoms. The van der Waals surface area contributed by atoms with Crippen LogP contribution in [0, 0.1) is 48.5 Å². The van der Waals surface area contributed by atoms with Crippen LogP contribution in [-0.2, 0) is 166 Å². The Morgan fingerprint density at radius 3 is 0.354 bits per heavy atom. The van der Waals surface area contributed by atoms with Crippen LogP contribution in [0.2, 0.25) is 0 Å². The van der Waals surface area contributed by atoms with Gasteiger partial charge >= 0.3 is 0 Å². The summed E-state index contributed by atoms with van der Waals surface area (Å²) < 4.78 is 325. The van der Waals surface area contributed by atoms with E-state index >= 15 is 0 Å². The van der Waals surface area contributed by atoms with Gasteiger partial charge in [0.15, 0.2) is 44.0 Å². The summed E-state index contributed by atoms with van der Waals surface area (Å²) in [6.07, 6.45) is -89.2. The molecule has 35 atom stereocenters. The third-order valence-electron chi connectivity index (χ3n) is 25.4. The fourth-order valence-corrected chi connectivity index (χ4v) is 23.3. The molecule has 0 saturated carbocycles. The summed E-state index contributed by atoms with van der Waals surface area (Å²) in [5, 5.41) is 176. The number of rotatable bonds is 28. The van der Waals surface area contributed by atoms with Crippen molar-refractivity contribution in [1.82, 2.24) is 0 Å². The van der Waals surface area contributed by atoms with Crippen LogP contribution in [-0.4, -0.2) is 392 Å². The number of aliphatic hydroxyl groups is 14. The Hall–Kier alpha value is -7.21. The predicted octanol–water partition coefficient (Wildman–Crippen LogP) is -3.18. The molecule has 0 radical (unpaired) electrons. The highest BCUT2D eigenvalue weighted by molar-refractivity contribution is 7.88. The molecule has 0 aliphatic carbocycles. The third kappa shape index (κ3) is 26.2. The number of benzene rings is 7. The number of hydrogen-bond acceptors (Lipinski definition) is 49. The van der Waals surface area contributed by atoms with Gasteiger partial charge in [-0.15, -0.1) is 0 Å². The van der Waals surface area contributed by atoms with E-state index in [1.807, 2.05) is 0 Å². The van der Waals surface area contributed by atoms with Crippen LogP contribution in [0.1, 0.15) is 38.9 Å². The van der Waals surface area contributed by atoms with Crippen LogP contribution in [0.3, 0.4) is 0 Å². The van der Waals surface area contributed by atoms with Crippen LogP contribution >= 0.6 is 0 Å². The SMILES string of the molecule is Cc1ccc(S(=O)(=O)OC[C@H]2O[C@@H]3O[C@H]4[C@H](O)[C@@H](O)[C@@H](O[C@H]5[C@H](O)[C@@H](O)[C@@H](O[C@H]6[C@H](O)[C@@H](O)[C@@H](O[C@H]7[C@H](O)[C@@H](O)[C@@H](O[C@H]8[C@H](O)[C@@H](O)[C@@H](O[C@H]9[C@H](O)[C@H](O)[C@@H](O[C@H]2[C@H](O)[C@@H]3O)O[C@@H]9COS(=O)(=O)c2ccc(C)cc2)O[C@@H]8COS(=O)(=O)c2ccc(C)cc2)O[C@@H]7COS(=O)(=O)c2ccc(C)cc2)O[C@@H]6COS(=O)(=O)c2ccc(C)cc2)O[C@@H]5COS(=O)(=O)c2ccc(C)cc2)O[C@@H]4COS(=O)(=O)c2ccc(C)cc2)cc1. The van der Waals surface area contributed by atoms with Gasteiger partial charge in [0.1, 0.15) is 171 Å². The van der Waals surface area contributed by atoms with Crippen molar-refractivity contribution in [3.63, 3.8) is 0 Å². The Balaban J connectivity index is 0.853. The van der Waals surface area contributed by atoms with E-state index in [1.165, 1.54) is 84.9 Å². The maximum Gasteiger partial charge on any atom is 0.297 e. The molecule has 7 aromatic carbocycles. The van der Waals surface area contributed by atoms with Gasteiger partial charge in [0.05, 0.1) is 80.5 Å². The molecule has 14 bridgehead atoms. The highest BCUT2D eigenvalue weighted by Crippen LogP contribution is 2.43. The fourth-order valence-electron chi connectivity index (χ4n) is 16.8. The molecule has 21 heterocycles. The second kappa shape index (κ2) is 46.6. The molecule has 28 rings (SSSR count). The standard InChI is InChI=1S/C91H112O49S7/c1-43-8-22-50(23-9-43)141(106,107)120-36-57-78-64(92)71(99)85(127-57)135-79-58(37-121-142(108,109)51-24-10-44(2)11-25-51)129-87(73(101)66(79)94)137-81-60(39-123-144(112,113)53-28-14-46(4)15-29-53)131-89(75(103)68(81)96)139-83-62(41-125-146(116,117)55-32-18-48(6)19-33-55)133-91(77(105)70(83)98)140-84-63(42-126-147(118,119)56-34-20-49(7)21-35-56)132-90(76(104)69(84)97)138-82-61(40-124-145(114,115)54-30-16-47(5)17-31-54)130-88(74(102)67(82)95)136-80-59(128-86(134-78)72(100)65(80)93)38-122-143(110,111)52-26-12-45(3)13-27-52/h8-35,57-105H,36-42H2,1-7H3/t57-,58-,59-,60-,61-,62-,63-,64-,65-,66-,67-,68-,69-,70-,71-,72-,73-,74-,75-,76+,77+,78-,79-,80-,81-,82-,83-,84-,85-,86-,87-,88-,89-,90-,91-/m1/s1. The molecule has 147 heavy (non-hydrogen) atoms. The van der Waals surface area contributed by atoms with Crippen LogP contribution in [0.25, 0.3) is 0 Å². The molecular formula is C91H112O49S7. The monoisotopic (exact) mass is 2210 g/mol. The molecule has 7 aromatic rings. The molecule has 14 N–H and O–H groups in total. The minimum absolute atomic E-state index is 0.528. The Bertz CT molecular complexity index is 5380. The highest BCUT2D eigenvalue weighted by Gasteiger charge is 2.62. The molecule has 0 unspecified atom stereocenters. The van der Waals surface area contributed by atoms with Gasteiger partial charge in [-0.3, -0.25) is 29.3 Å². The highest BCUT2D eigenvalue weighted by atomic mass is 32.2. The summed E-state index contributed by atoms with van der Waals surface area (Å²) in [4.78, 5) is -3.70. The van der Waals surface area contributed by atoms with Gasteiger partial charge in [-0.05, 0) is 133 Å². The average Bonchev–Trinajstić information content (AvgIpc) is 0.903. The lowest BCUT2D eigenvalue weighted by molar-refractivity contribution is -0.395. The second-order valence-corrected chi connectivity index (χ2v) is 47.5. The Labute approximate surface area is 844 Å². The van der Waals surface area contributed by atoms with Crippen molar-refractivity contribution in [1.29, 1.82) is 0 Å². The van der Waals surface area contributed by atoms with E-state index in [9.17, 15) is 130 Å². The van der Waals surface area contributed by atoms with Gasteiger partial charge in [-0.1, -0.05) is 124 Å². The van der Waals surface area contributed by atoms with Crippen molar-refractivity contribution in [2.45, 2.75) is 298 Å². The number of ether oxygens (including phenoxy) is 14. The first-order valence-electron chi connectivity index (χ1n) is 45.6. The summed E-state index contributed by atoms with van der Waals surface area (Å²) in [5.74, 6) is 0. The average molecular weight is 2210 g/mol. The second-order valence-electron chi connectivity index (χ2n) is 36.2. The first-order valence-corrected chi connectivity index (χ1v) is 55.5. The molecule has 49 nitrogen and oxygen atoms in total. The smallest absolute Gasteiger partial charge is 0.297 e. The largest absolute Gasteiger partial charge is 0.387 e. The summed E-state index contributed by atoms with van der Waals surface area (Å²) in [5.41, 5.74) is 3.81. The number of hydrogen-bond donors (Lipinski definition) is 14. The van der Waals surface area contributed by atoms with Crippen molar-refractivity contribution in [3.8, 4) is 0 Å². The molecule has 21 aliphatic rings. The van der Waals surface area contributed by atoms with Crippen LogP contribution < -0.4 is 0 Å². The zero-order valence-electron chi connectivity index (χ0n) is 78.7. The molecule has 21 aliphatic heterocycles. The van der Waals surface area contributed by atoms with Crippen molar-refractivity contribution in [2.24, 2.45) is 0 Å². The van der Waals surface area contributed by atoms with E-state index in [1.54, 1.807) is 48.5 Å². The van der Waals surface area contributed by atoms with E-state index < -0.39 is 366 Å². The molecule has 812 valence electrons. The lowest BCUT2D eigenvalue weighted by Gasteiger charge is -2.50. The van der Waals surface area contributed by atoms with Gasteiger partial charge in [-0.25, -0.2) is 0 Å². The van der Waals surface area contributed by atoms with Gasteiger partial charge in [0.25, 0.3) is 70.8 Å². The van der Waals surface area contributed by atoms with Crippen LogP contribution in [0.4, 0.5) is 0 Å². The van der Waals surface area contributed by atoms with Gasteiger partial charge in [0.2, 0.25) is 0 Å². The van der Waals surface area contributed by atoms with Gasteiger partial charge in [0, 0.05) is 0 Å². The van der Waals surface area contributed by atoms with E-state index in [-0.39, 0.29) is 0 Å². The minimum atomic E-state index is -5.03. The van der Waals surface area contributed by atoms with Crippen molar-refractivity contribution in [3.05, 3.63) is 209 Å². The fraction of sp³-hybridized carbons (Fsp3) is 0.538. The number of aryl methyl sites for hydroxylation is 7. The molecule has 21 saturated heterocycles. The normalized spacial score (nSPS) is 35.3. The Morgan fingerprint density at radius 1 is 0.163 bits per heavy atom. The van der Waals surface area contributed by atoms with Crippen molar-refractivity contribution >= 4 is 70.8 Å². The van der Waals surface area contributed by atoms with Crippen LogP contribution in [0.15, 0.2) is 204 Å².